The Bertz CT molecular complexity index is 1280. The number of rotatable bonds is 4. The molecule has 0 bridgehead atoms. The third-order valence-corrected chi connectivity index (χ3v) is 6.34. The molecule has 4 aromatic rings. The van der Waals surface area contributed by atoms with Crippen LogP contribution in [-0.2, 0) is 17.9 Å². The summed E-state index contributed by atoms with van der Waals surface area (Å²) in [6, 6.07) is 15.6. The Hall–Kier alpha value is -3.09. The molecule has 5 rings (SSSR count). The first-order valence-corrected chi connectivity index (χ1v) is 10.8. The minimum atomic E-state index is -0.182. The highest BCUT2D eigenvalue weighted by Crippen LogP contribution is 2.24. The molecule has 0 unspecified atom stereocenters. The summed E-state index contributed by atoms with van der Waals surface area (Å²) in [5.74, 6) is 0.144. The van der Waals surface area contributed by atoms with Gasteiger partial charge >= 0.3 is 0 Å². The van der Waals surface area contributed by atoms with Gasteiger partial charge in [-0.25, -0.2) is 0 Å². The minimum absolute atomic E-state index is 0.144. The minimum Gasteiger partial charge on any atom is -0.398 e. The van der Waals surface area contributed by atoms with Crippen LogP contribution < -0.4 is 5.73 Å². The van der Waals surface area contributed by atoms with Gasteiger partial charge in [-0.2, -0.15) is 0 Å². The van der Waals surface area contributed by atoms with Gasteiger partial charge in [0.05, 0.1) is 11.6 Å². The molecule has 31 heavy (non-hydrogen) atoms. The number of amides is 1. The van der Waals surface area contributed by atoms with Crippen LogP contribution in [0.2, 0.25) is 5.02 Å². The van der Waals surface area contributed by atoms with E-state index in [1.54, 1.807) is 12.3 Å². The molecular weight excluding hydrogens is 410 g/mol. The molecule has 3 heterocycles. The van der Waals surface area contributed by atoms with Gasteiger partial charge < -0.3 is 15.6 Å². The number of aromatic nitrogens is 2. The number of anilines is 1. The van der Waals surface area contributed by atoms with Gasteiger partial charge in [0.15, 0.2) is 0 Å². The SMILES string of the molecule is C[C@H]1C(=O)N(Cc2ccc3c(N)ccnc3c2)CCN1Cc1cc2cc(Cl)ccc2[nH]1. The van der Waals surface area contributed by atoms with Crippen molar-refractivity contribution in [2.75, 3.05) is 18.8 Å². The number of halogens is 1. The largest absolute Gasteiger partial charge is 0.398 e. The quantitative estimate of drug-likeness (QED) is 0.506. The molecule has 3 N–H and O–H groups in total. The number of carbonyl (C=O) groups excluding carboxylic acids is 1. The van der Waals surface area contributed by atoms with Gasteiger partial charge in [-0.15, -0.1) is 0 Å². The molecule has 6 nitrogen and oxygen atoms in total. The van der Waals surface area contributed by atoms with Crippen LogP contribution in [0.1, 0.15) is 18.2 Å². The number of nitrogens with two attached hydrogens (primary N) is 1. The molecule has 1 aliphatic rings. The van der Waals surface area contributed by atoms with Crippen LogP contribution in [0.25, 0.3) is 21.8 Å². The van der Waals surface area contributed by atoms with E-state index in [0.29, 0.717) is 25.3 Å². The van der Waals surface area contributed by atoms with E-state index in [1.807, 2.05) is 48.2 Å². The van der Waals surface area contributed by atoms with Crippen molar-refractivity contribution in [3.8, 4) is 0 Å². The van der Waals surface area contributed by atoms with Crippen LogP contribution >= 0.6 is 11.6 Å². The van der Waals surface area contributed by atoms with Gasteiger partial charge in [-0.1, -0.05) is 23.7 Å². The molecule has 7 heteroatoms. The van der Waals surface area contributed by atoms with E-state index in [0.717, 1.165) is 44.6 Å². The van der Waals surface area contributed by atoms with Gasteiger partial charge in [-0.3, -0.25) is 14.7 Å². The number of nitrogens with zero attached hydrogens (tertiary/aromatic N) is 3. The molecule has 2 aromatic carbocycles. The summed E-state index contributed by atoms with van der Waals surface area (Å²) < 4.78 is 0. The smallest absolute Gasteiger partial charge is 0.239 e. The van der Waals surface area contributed by atoms with Crippen molar-refractivity contribution in [1.82, 2.24) is 19.8 Å². The van der Waals surface area contributed by atoms with Crippen LogP contribution in [-0.4, -0.2) is 44.8 Å². The van der Waals surface area contributed by atoms with Gasteiger partial charge in [0.1, 0.15) is 0 Å². The second kappa shape index (κ2) is 7.87. The van der Waals surface area contributed by atoms with Crippen LogP contribution in [0.5, 0.6) is 0 Å². The average Bonchev–Trinajstić information content (AvgIpc) is 3.15. The van der Waals surface area contributed by atoms with Crippen molar-refractivity contribution in [3.63, 3.8) is 0 Å². The maximum Gasteiger partial charge on any atom is 0.239 e. The van der Waals surface area contributed by atoms with Crippen molar-refractivity contribution < 1.29 is 4.79 Å². The number of pyridine rings is 1. The second-order valence-electron chi connectivity index (χ2n) is 8.18. The molecular formula is C24H24ClN5O. The standard InChI is InChI=1S/C24H24ClN5O/c1-15-24(31)30(13-16-2-4-20-21(26)6-7-27-23(20)10-16)9-8-29(15)14-19-12-17-11-18(25)3-5-22(17)28-19/h2-7,10-12,15,28H,8-9,13-14H2,1H3,(H2,26,27)/t15-/m0/s1. The van der Waals surface area contributed by atoms with E-state index in [4.69, 9.17) is 17.3 Å². The number of aromatic amines is 1. The summed E-state index contributed by atoms with van der Waals surface area (Å²) in [7, 11) is 0. The van der Waals surface area contributed by atoms with E-state index >= 15 is 0 Å². The molecule has 158 valence electrons. The summed E-state index contributed by atoms with van der Waals surface area (Å²) in [6.45, 7) is 4.77. The molecule has 0 radical (unpaired) electrons. The van der Waals surface area contributed by atoms with Gasteiger partial charge in [-0.05, 0) is 48.9 Å². The van der Waals surface area contributed by atoms with Gasteiger partial charge in [0.25, 0.3) is 0 Å². The highest BCUT2D eigenvalue weighted by atomic mass is 35.5. The first kappa shape index (κ1) is 19.8. The van der Waals surface area contributed by atoms with E-state index in [9.17, 15) is 4.79 Å². The van der Waals surface area contributed by atoms with Gasteiger partial charge in [0, 0.05) is 65.1 Å². The summed E-state index contributed by atoms with van der Waals surface area (Å²) in [5.41, 5.74) is 10.8. The zero-order valence-corrected chi connectivity index (χ0v) is 18.1. The molecule has 1 atom stereocenters. The molecule has 1 saturated heterocycles. The summed E-state index contributed by atoms with van der Waals surface area (Å²) in [5, 5.41) is 2.75. The lowest BCUT2D eigenvalue weighted by atomic mass is 10.1. The number of nitrogens with one attached hydrogen (secondary N) is 1. The average molecular weight is 434 g/mol. The summed E-state index contributed by atoms with van der Waals surface area (Å²) in [6.07, 6.45) is 1.71. The van der Waals surface area contributed by atoms with Crippen molar-refractivity contribution in [1.29, 1.82) is 0 Å². The van der Waals surface area contributed by atoms with Crippen molar-refractivity contribution in [2.45, 2.75) is 26.1 Å². The van der Waals surface area contributed by atoms with Crippen LogP contribution in [0.3, 0.4) is 0 Å². The third-order valence-electron chi connectivity index (χ3n) is 6.10. The lowest BCUT2D eigenvalue weighted by Gasteiger charge is -2.39. The predicted molar refractivity (Wildman–Crippen MR) is 125 cm³/mol. The number of fused-ring (bicyclic) bond motifs is 2. The van der Waals surface area contributed by atoms with Crippen molar-refractivity contribution >= 4 is 45.0 Å². The Kier molecular flexibility index (Phi) is 5.04. The van der Waals surface area contributed by atoms with E-state index in [2.05, 4.69) is 20.9 Å². The summed E-state index contributed by atoms with van der Waals surface area (Å²) in [4.78, 5) is 25.1. The highest BCUT2D eigenvalue weighted by molar-refractivity contribution is 6.31. The maximum atomic E-state index is 13.1. The van der Waals surface area contributed by atoms with E-state index in [-0.39, 0.29) is 11.9 Å². The normalized spacial score (nSPS) is 17.7. The number of hydrogen-bond acceptors (Lipinski definition) is 4. The van der Waals surface area contributed by atoms with Crippen LogP contribution in [0.15, 0.2) is 54.7 Å². The fourth-order valence-electron chi connectivity index (χ4n) is 4.35. The summed E-state index contributed by atoms with van der Waals surface area (Å²) >= 11 is 6.10. The zero-order chi connectivity index (χ0) is 21.5. The number of nitrogen functional groups attached to an aromatic ring is 1. The van der Waals surface area contributed by atoms with Crippen molar-refractivity contribution in [3.05, 3.63) is 71.0 Å². The Morgan fingerprint density at radius 2 is 2.00 bits per heavy atom. The number of H-pyrrole nitrogens is 1. The molecule has 1 amide bonds. The molecule has 2 aromatic heterocycles. The predicted octanol–water partition coefficient (Wildman–Crippen LogP) is 4.18. The molecule has 1 fully saturated rings. The van der Waals surface area contributed by atoms with E-state index in [1.165, 1.54) is 0 Å². The monoisotopic (exact) mass is 433 g/mol. The lowest BCUT2D eigenvalue weighted by Crippen LogP contribution is -2.54. The molecule has 0 aliphatic carbocycles. The lowest BCUT2D eigenvalue weighted by molar-refractivity contribution is -0.142. The fourth-order valence-corrected chi connectivity index (χ4v) is 4.53. The van der Waals surface area contributed by atoms with Crippen LogP contribution in [0.4, 0.5) is 5.69 Å². The number of piperazine rings is 1. The third kappa shape index (κ3) is 3.84. The first-order valence-electron chi connectivity index (χ1n) is 10.4. The van der Waals surface area contributed by atoms with Gasteiger partial charge in [0.2, 0.25) is 5.91 Å². The fraction of sp³-hybridized carbons (Fsp3) is 0.250. The number of hydrogen-bond donors (Lipinski definition) is 2. The first-order chi connectivity index (χ1) is 15.0. The number of benzene rings is 2. The highest BCUT2D eigenvalue weighted by Gasteiger charge is 2.31. The zero-order valence-electron chi connectivity index (χ0n) is 17.3. The van der Waals surface area contributed by atoms with Crippen molar-refractivity contribution in [2.24, 2.45) is 0 Å². The second-order valence-corrected chi connectivity index (χ2v) is 8.62. The Morgan fingerprint density at radius 1 is 1.13 bits per heavy atom. The topological polar surface area (TPSA) is 78.2 Å². The van der Waals surface area contributed by atoms with E-state index < -0.39 is 0 Å². The maximum absolute atomic E-state index is 13.1. The van der Waals surface area contributed by atoms with Crippen LogP contribution in [0, 0.1) is 0 Å². The molecule has 1 aliphatic heterocycles. The number of carbonyl (C=O) groups is 1. The Morgan fingerprint density at radius 3 is 2.87 bits per heavy atom. The Balaban J connectivity index is 1.28. The Labute approximate surface area is 185 Å². The molecule has 0 saturated carbocycles. The molecule has 0 spiro atoms.